The molecule has 0 amide bonds. The molecule has 2 heteroatoms. The Morgan fingerprint density at radius 3 is 2.85 bits per heavy atom. The van der Waals surface area contributed by atoms with Gasteiger partial charge in [-0.3, -0.25) is 0 Å². The second-order valence-electron chi connectivity index (χ2n) is 3.07. The van der Waals surface area contributed by atoms with Crippen molar-refractivity contribution in [2.45, 2.75) is 19.4 Å². The first-order chi connectivity index (χ1) is 6.15. The van der Waals surface area contributed by atoms with Gasteiger partial charge in [-0.05, 0) is 30.5 Å². The van der Waals surface area contributed by atoms with Gasteiger partial charge in [0.15, 0.2) is 0 Å². The van der Waals surface area contributed by atoms with Crippen LogP contribution in [-0.4, -0.2) is 5.11 Å². The number of benzene rings is 1. The van der Waals surface area contributed by atoms with Crippen LogP contribution in [-0.2, 0) is 0 Å². The SMILES string of the molecule is C=CC[C@@H](O)c1ccc(C)cc1Br. The average Bonchev–Trinajstić information content (AvgIpc) is 2.04. The van der Waals surface area contributed by atoms with Crippen LogP contribution in [0, 0.1) is 6.92 Å². The molecule has 70 valence electrons. The number of rotatable bonds is 3. The van der Waals surface area contributed by atoms with E-state index in [1.807, 2.05) is 25.1 Å². The summed E-state index contributed by atoms with van der Waals surface area (Å²) in [6.45, 7) is 5.62. The molecule has 1 rings (SSSR count). The zero-order valence-electron chi connectivity index (χ0n) is 7.63. The highest BCUT2D eigenvalue weighted by molar-refractivity contribution is 9.10. The van der Waals surface area contributed by atoms with Crippen molar-refractivity contribution >= 4 is 15.9 Å². The van der Waals surface area contributed by atoms with E-state index in [1.165, 1.54) is 5.56 Å². The van der Waals surface area contributed by atoms with E-state index in [0.717, 1.165) is 10.0 Å². The number of aryl methyl sites for hydroxylation is 1. The van der Waals surface area contributed by atoms with E-state index in [1.54, 1.807) is 6.08 Å². The first-order valence-electron chi connectivity index (χ1n) is 4.20. The molecule has 0 bridgehead atoms. The standard InChI is InChI=1S/C11H13BrO/c1-3-4-11(13)9-6-5-8(2)7-10(9)12/h3,5-7,11,13H,1,4H2,2H3/t11-/m1/s1. The van der Waals surface area contributed by atoms with Crippen molar-refractivity contribution in [3.63, 3.8) is 0 Å². The Morgan fingerprint density at radius 2 is 2.31 bits per heavy atom. The summed E-state index contributed by atoms with van der Waals surface area (Å²) in [4.78, 5) is 0. The average molecular weight is 241 g/mol. The summed E-state index contributed by atoms with van der Waals surface area (Å²) in [6, 6.07) is 5.93. The maximum absolute atomic E-state index is 9.69. The zero-order valence-corrected chi connectivity index (χ0v) is 9.21. The second-order valence-corrected chi connectivity index (χ2v) is 3.92. The van der Waals surface area contributed by atoms with Crippen molar-refractivity contribution in [3.8, 4) is 0 Å². The van der Waals surface area contributed by atoms with E-state index in [0.29, 0.717) is 6.42 Å². The van der Waals surface area contributed by atoms with Crippen molar-refractivity contribution in [1.29, 1.82) is 0 Å². The maximum Gasteiger partial charge on any atom is 0.0835 e. The highest BCUT2D eigenvalue weighted by atomic mass is 79.9. The Kier molecular flexibility index (Phi) is 3.70. The Bertz CT molecular complexity index is 307. The number of hydrogen-bond donors (Lipinski definition) is 1. The number of halogens is 1. The van der Waals surface area contributed by atoms with Gasteiger partial charge in [-0.2, -0.15) is 0 Å². The molecule has 0 spiro atoms. The molecule has 1 nitrogen and oxygen atoms in total. The predicted octanol–water partition coefficient (Wildman–Crippen LogP) is 3.37. The highest BCUT2D eigenvalue weighted by Gasteiger charge is 2.08. The molecule has 0 fully saturated rings. The fourth-order valence-electron chi connectivity index (χ4n) is 1.19. The Hall–Kier alpha value is -0.600. The van der Waals surface area contributed by atoms with Crippen LogP contribution in [0.4, 0.5) is 0 Å². The van der Waals surface area contributed by atoms with Gasteiger partial charge in [0.2, 0.25) is 0 Å². The van der Waals surface area contributed by atoms with E-state index in [4.69, 9.17) is 0 Å². The fourth-order valence-corrected chi connectivity index (χ4v) is 1.94. The van der Waals surface area contributed by atoms with Crippen LogP contribution in [0.15, 0.2) is 35.3 Å². The molecular weight excluding hydrogens is 228 g/mol. The van der Waals surface area contributed by atoms with Gasteiger partial charge in [0.25, 0.3) is 0 Å². The number of hydrogen-bond acceptors (Lipinski definition) is 1. The lowest BCUT2D eigenvalue weighted by atomic mass is 10.1. The van der Waals surface area contributed by atoms with Crippen molar-refractivity contribution in [2.24, 2.45) is 0 Å². The van der Waals surface area contributed by atoms with E-state index >= 15 is 0 Å². The predicted molar refractivity (Wildman–Crippen MR) is 58.7 cm³/mol. The minimum absolute atomic E-state index is 0.451. The quantitative estimate of drug-likeness (QED) is 0.804. The van der Waals surface area contributed by atoms with Crippen LogP contribution in [0.5, 0.6) is 0 Å². The summed E-state index contributed by atoms with van der Waals surface area (Å²) < 4.78 is 0.960. The van der Waals surface area contributed by atoms with Crippen LogP contribution >= 0.6 is 15.9 Å². The summed E-state index contributed by atoms with van der Waals surface area (Å²) >= 11 is 3.42. The molecule has 0 aromatic heterocycles. The molecule has 1 atom stereocenters. The van der Waals surface area contributed by atoms with E-state index in [2.05, 4.69) is 22.5 Å². The van der Waals surface area contributed by atoms with Gasteiger partial charge in [0.05, 0.1) is 6.10 Å². The molecule has 1 aromatic carbocycles. The van der Waals surface area contributed by atoms with Crippen LogP contribution in [0.25, 0.3) is 0 Å². The third-order valence-electron chi connectivity index (χ3n) is 1.90. The normalized spacial score (nSPS) is 12.5. The lowest BCUT2D eigenvalue weighted by molar-refractivity contribution is 0.181. The maximum atomic E-state index is 9.69. The van der Waals surface area contributed by atoms with Crippen molar-refractivity contribution in [3.05, 3.63) is 46.5 Å². The molecule has 13 heavy (non-hydrogen) atoms. The fraction of sp³-hybridized carbons (Fsp3) is 0.273. The first-order valence-corrected chi connectivity index (χ1v) is 4.99. The molecule has 0 unspecified atom stereocenters. The molecule has 0 aliphatic heterocycles. The number of aliphatic hydroxyl groups is 1. The van der Waals surface area contributed by atoms with E-state index < -0.39 is 6.10 Å². The molecule has 0 saturated heterocycles. The van der Waals surface area contributed by atoms with Gasteiger partial charge in [-0.15, -0.1) is 6.58 Å². The molecule has 1 aromatic rings. The molecular formula is C11H13BrO. The Balaban J connectivity index is 2.94. The van der Waals surface area contributed by atoms with E-state index in [-0.39, 0.29) is 0 Å². The Labute approximate surface area is 87.2 Å². The van der Waals surface area contributed by atoms with Crippen LogP contribution in [0.3, 0.4) is 0 Å². The first kappa shape index (κ1) is 10.5. The van der Waals surface area contributed by atoms with Gasteiger partial charge in [-0.1, -0.05) is 34.1 Å². The monoisotopic (exact) mass is 240 g/mol. The van der Waals surface area contributed by atoms with Crippen molar-refractivity contribution < 1.29 is 5.11 Å². The van der Waals surface area contributed by atoms with Gasteiger partial charge in [0.1, 0.15) is 0 Å². The molecule has 0 aliphatic carbocycles. The topological polar surface area (TPSA) is 20.2 Å². The third-order valence-corrected chi connectivity index (χ3v) is 2.59. The van der Waals surface area contributed by atoms with Crippen LogP contribution < -0.4 is 0 Å². The molecule has 0 saturated carbocycles. The molecule has 1 N–H and O–H groups in total. The third kappa shape index (κ3) is 2.68. The largest absolute Gasteiger partial charge is 0.388 e. The Morgan fingerprint density at radius 1 is 1.62 bits per heavy atom. The van der Waals surface area contributed by atoms with Crippen LogP contribution in [0.1, 0.15) is 23.7 Å². The highest BCUT2D eigenvalue weighted by Crippen LogP contribution is 2.26. The number of aliphatic hydroxyl groups excluding tert-OH is 1. The second kappa shape index (κ2) is 4.58. The van der Waals surface area contributed by atoms with Gasteiger partial charge in [0, 0.05) is 4.47 Å². The van der Waals surface area contributed by atoms with Gasteiger partial charge >= 0.3 is 0 Å². The summed E-state index contributed by atoms with van der Waals surface area (Å²) in [5, 5.41) is 9.69. The summed E-state index contributed by atoms with van der Waals surface area (Å²) in [5.41, 5.74) is 2.10. The zero-order chi connectivity index (χ0) is 9.84. The lowest BCUT2D eigenvalue weighted by Crippen LogP contribution is -1.96. The molecule has 0 heterocycles. The minimum atomic E-state index is -0.451. The van der Waals surface area contributed by atoms with E-state index in [9.17, 15) is 5.11 Å². The molecule has 0 radical (unpaired) electrons. The van der Waals surface area contributed by atoms with Crippen molar-refractivity contribution in [2.75, 3.05) is 0 Å². The summed E-state index contributed by atoms with van der Waals surface area (Å²) in [7, 11) is 0. The molecule has 0 aliphatic rings. The lowest BCUT2D eigenvalue weighted by Gasteiger charge is -2.10. The summed E-state index contributed by atoms with van der Waals surface area (Å²) in [6.07, 6.45) is 1.85. The summed E-state index contributed by atoms with van der Waals surface area (Å²) in [5.74, 6) is 0. The smallest absolute Gasteiger partial charge is 0.0835 e. The van der Waals surface area contributed by atoms with Gasteiger partial charge < -0.3 is 5.11 Å². The van der Waals surface area contributed by atoms with Crippen molar-refractivity contribution in [1.82, 2.24) is 0 Å². The minimum Gasteiger partial charge on any atom is -0.388 e. The van der Waals surface area contributed by atoms with Crippen LogP contribution in [0.2, 0.25) is 0 Å². The van der Waals surface area contributed by atoms with Gasteiger partial charge in [-0.25, -0.2) is 0 Å².